The van der Waals surface area contributed by atoms with Crippen LogP contribution in [0.3, 0.4) is 0 Å². The van der Waals surface area contributed by atoms with Crippen molar-refractivity contribution >= 4 is 0 Å². The summed E-state index contributed by atoms with van der Waals surface area (Å²) in [5, 5.41) is 18.2. The molecule has 0 saturated carbocycles. The number of halogens is 3. The van der Waals surface area contributed by atoms with Crippen LogP contribution < -0.4 is 19.9 Å². The minimum atomic E-state index is -4.92. The Morgan fingerprint density at radius 3 is 1.85 bits per heavy atom. The summed E-state index contributed by atoms with van der Waals surface area (Å²) >= 11 is 0. The number of rotatable bonds is 5. The molecule has 1 aromatic rings. The summed E-state index contributed by atoms with van der Waals surface area (Å²) in [7, 11) is 2.27. The van der Waals surface area contributed by atoms with Gasteiger partial charge in [-0.3, -0.25) is 5.73 Å². The summed E-state index contributed by atoms with van der Waals surface area (Å²) in [6, 6.07) is 2.27. The van der Waals surface area contributed by atoms with E-state index in [0.29, 0.717) is 0 Å². The van der Waals surface area contributed by atoms with E-state index in [1.54, 1.807) is 0 Å². The smallest absolute Gasteiger partial charge is 0.493 e. The molecule has 1 rings (SSSR count). The van der Waals surface area contributed by atoms with E-state index < -0.39 is 24.4 Å². The lowest BCUT2D eigenvalue weighted by atomic mass is 10.1. The minimum absolute atomic E-state index is 0.195. The van der Waals surface area contributed by atoms with Crippen molar-refractivity contribution in [2.24, 2.45) is 5.73 Å². The van der Waals surface area contributed by atoms with Gasteiger partial charge in [0.15, 0.2) is 11.5 Å². The first-order valence-corrected chi connectivity index (χ1v) is 5.30. The highest BCUT2D eigenvalue weighted by atomic mass is 19.4. The maximum Gasteiger partial charge on any atom is 0.573 e. The number of benzene rings is 1. The van der Waals surface area contributed by atoms with Gasteiger partial charge in [-0.1, -0.05) is 0 Å². The van der Waals surface area contributed by atoms with Crippen LogP contribution in [0.4, 0.5) is 13.2 Å². The molecule has 0 heterocycles. The maximum atomic E-state index is 12.3. The second kappa shape index (κ2) is 5.73. The molecule has 0 aliphatic carbocycles. The van der Waals surface area contributed by atoms with Gasteiger partial charge >= 0.3 is 6.36 Å². The molecule has 0 aliphatic rings. The maximum absolute atomic E-state index is 12.3. The summed E-state index contributed by atoms with van der Waals surface area (Å²) in [6.07, 6.45) is -5.36. The van der Waals surface area contributed by atoms with Crippen molar-refractivity contribution in [3.8, 4) is 17.2 Å². The molecule has 6 nitrogen and oxygen atoms in total. The van der Waals surface area contributed by atoms with Gasteiger partial charge in [0.2, 0.25) is 11.7 Å². The fourth-order valence-corrected chi connectivity index (χ4v) is 1.55. The van der Waals surface area contributed by atoms with Crippen molar-refractivity contribution < 1.29 is 37.6 Å². The zero-order valence-corrected chi connectivity index (χ0v) is 10.7. The SMILES string of the molecule is COc1cc(CC(N)(O)O)cc(OC)c1OC(F)(F)F. The van der Waals surface area contributed by atoms with Gasteiger partial charge in [0.05, 0.1) is 14.2 Å². The van der Waals surface area contributed by atoms with Gasteiger partial charge in [-0.2, -0.15) is 0 Å². The van der Waals surface area contributed by atoms with E-state index in [9.17, 15) is 13.2 Å². The molecule has 1 aromatic carbocycles. The minimum Gasteiger partial charge on any atom is -0.493 e. The van der Waals surface area contributed by atoms with Gasteiger partial charge in [0, 0.05) is 6.42 Å². The Labute approximate surface area is 112 Å². The van der Waals surface area contributed by atoms with Crippen LogP contribution in [0, 0.1) is 0 Å². The van der Waals surface area contributed by atoms with Gasteiger partial charge in [-0.05, 0) is 17.7 Å². The fraction of sp³-hybridized carbons (Fsp3) is 0.455. The van der Waals surface area contributed by atoms with E-state index in [1.807, 2.05) is 0 Å². The summed E-state index contributed by atoms with van der Waals surface area (Å²) in [5.74, 6) is -3.73. The second-order valence-electron chi connectivity index (χ2n) is 3.93. The van der Waals surface area contributed by atoms with Gasteiger partial charge in [0.25, 0.3) is 0 Å². The molecule has 20 heavy (non-hydrogen) atoms. The highest BCUT2D eigenvalue weighted by molar-refractivity contribution is 5.54. The van der Waals surface area contributed by atoms with E-state index in [4.69, 9.17) is 25.4 Å². The predicted octanol–water partition coefficient (Wildman–Crippen LogP) is 0.742. The molecule has 0 aromatic heterocycles. The van der Waals surface area contributed by atoms with E-state index in [1.165, 1.54) is 0 Å². The fourth-order valence-electron chi connectivity index (χ4n) is 1.55. The van der Waals surface area contributed by atoms with E-state index in [2.05, 4.69) is 4.74 Å². The molecule has 0 radical (unpaired) electrons. The Hall–Kier alpha value is -1.71. The quantitative estimate of drug-likeness (QED) is 0.694. The molecule has 9 heteroatoms. The molecule has 0 spiro atoms. The first kappa shape index (κ1) is 16.3. The highest BCUT2D eigenvalue weighted by Crippen LogP contribution is 2.41. The number of aliphatic hydroxyl groups is 2. The van der Waals surface area contributed by atoms with Gasteiger partial charge in [-0.25, -0.2) is 0 Å². The van der Waals surface area contributed by atoms with Gasteiger partial charge < -0.3 is 24.4 Å². The van der Waals surface area contributed by atoms with Crippen LogP contribution >= 0.6 is 0 Å². The summed E-state index contributed by atoms with van der Waals surface area (Å²) < 4.78 is 50.3. The first-order valence-electron chi connectivity index (χ1n) is 5.30. The number of hydrogen-bond acceptors (Lipinski definition) is 6. The van der Waals surface area contributed by atoms with Gasteiger partial charge in [-0.15, -0.1) is 13.2 Å². The molecular weight excluding hydrogens is 283 g/mol. The van der Waals surface area contributed by atoms with Crippen molar-refractivity contribution in [1.29, 1.82) is 0 Å². The Kier molecular flexibility index (Phi) is 4.69. The molecule has 0 amide bonds. The monoisotopic (exact) mass is 297 g/mol. The lowest BCUT2D eigenvalue weighted by Gasteiger charge is -2.19. The Morgan fingerprint density at radius 2 is 1.55 bits per heavy atom. The molecule has 114 valence electrons. The molecule has 0 bridgehead atoms. The van der Waals surface area contributed by atoms with Crippen molar-refractivity contribution in [3.63, 3.8) is 0 Å². The van der Waals surface area contributed by atoms with Gasteiger partial charge in [0.1, 0.15) is 0 Å². The molecule has 0 fully saturated rings. The third kappa shape index (κ3) is 4.76. The lowest BCUT2D eigenvalue weighted by Crippen LogP contribution is -2.41. The molecule has 0 atom stereocenters. The van der Waals surface area contributed by atoms with E-state index in [-0.39, 0.29) is 17.1 Å². The standard InChI is InChI=1S/C11H14F3NO5/c1-18-7-3-6(5-10(15,16)17)4-8(19-2)9(7)20-11(12,13)14/h3-4,16-17H,5,15H2,1-2H3. The third-order valence-corrected chi connectivity index (χ3v) is 2.20. The highest BCUT2D eigenvalue weighted by Gasteiger charge is 2.34. The number of nitrogens with two attached hydrogens (primary N) is 1. The molecule has 0 unspecified atom stereocenters. The predicted molar refractivity (Wildman–Crippen MR) is 61.3 cm³/mol. The van der Waals surface area contributed by atoms with Crippen molar-refractivity contribution in [2.75, 3.05) is 14.2 Å². The molecule has 0 aliphatic heterocycles. The zero-order chi connectivity index (χ0) is 15.6. The summed E-state index contributed by atoms with van der Waals surface area (Å²) in [6.45, 7) is 0. The van der Waals surface area contributed by atoms with Crippen LogP contribution in [0.15, 0.2) is 12.1 Å². The van der Waals surface area contributed by atoms with Crippen LogP contribution in [0.1, 0.15) is 5.56 Å². The van der Waals surface area contributed by atoms with E-state index >= 15 is 0 Å². The molecule has 0 saturated heterocycles. The van der Waals surface area contributed by atoms with Crippen LogP contribution in [0.5, 0.6) is 17.2 Å². The number of alkyl halides is 3. The van der Waals surface area contributed by atoms with Crippen molar-refractivity contribution in [3.05, 3.63) is 17.7 Å². The zero-order valence-electron chi connectivity index (χ0n) is 10.7. The Bertz CT molecular complexity index is 445. The third-order valence-electron chi connectivity index (χ3n) is 2.20. The van der Waals surface area contributed by atoms with Crippen molar-refractivity contribution in [2.45, 2.75) is 18.7 Å². The second-order valence-corrected chi connectivity index (χ2v) is 3.93. The Morgan fingerprint density at radius 1 is 1.10 bits per heavy atom. The lowest BCUT2D eigenvalue weighted by molar-refractivity contribution is -0.275. The Balaban J connectivity index is 3.25. The van der Waals surface area contributed by atoms with Crippen LogP contribution in [-0.4, -0.2) is 36.7 Å². The van der Waals surface area contributed by atoms with Crippen LogP contribution in [0.2, 0.25) is 0 Å². The average Bonchev–Trinajstić information content (AvgIpc) is 2.26. The molecule has 4 N–H and O–H groups in total. The van der Waals surface area contributed by atoms with Crippen LogP contribution in [0.25, 0.3) is 0 Å². The number of methoxy groups -OCH3 is 2. The van der Waals surface area contributed by atoms with Crippen LogP contribution in [-0.2, 0) is 6.42 Å². The number of hydrogen-bond donors (Lipinski definition) is 3. The van der Waals surface area contributed by atoms with Crippen molar-refractivity contribution in [1.82, 2.24) is 0 Å². The molecular formula is C11H14F3NO5. The largest absolute Gasteiger partial charge is 0.573 e. The first-order chi connectivity index (χ1) is 9.05. The summed E-state index contributed by atoms with van der Waals surface area (Å²) in [5.41, 5.74) is 5.20. The topological polar surface area (TPSA) is 94.2 Å². The average molecular weight is 297 g/mol. The normalized spacial score (nSPS) is 12.2. The summed E-state index contributed by atoms with van der Waals surface area (Å²) in [4.78, 5) is 0. The number of ether oxygens (including phenoxy) is 3. The van der Waals surface area contributed by atoms with E-state index in [0.717, 1.165) is 26.4 Å².